The number of rotatable bonds is 3. The van der Waals surface area contributed by atoms with E-state index in [9.17, 15) is 9.59 Å². The summed E-state index contributed by atoms with van der Waals surface area (Å²) in [6.45, 7) is 0.897. The average molecular weight is 293 g/mol. The fourth-order valence-corrected chi connectivity index (χ4v) is 4.74. The largest absolute Gasteiger partial charge is 0.481 e. The number of aliphatic carboxylic acids is 1. The van der Waals surface area contributed by atoms with Gasteiger partial charge in [0.25, 0.3) is 0 Å². The van der Waals surface area contributed by atoms with Crippen molar-refractivity contribution < 1.29 is 14.7 Å². The zero-order chi connectivity index (χ0) is 14.8. The van der Waals surface area contributed by atoms with Crippen LogP contribution in [0, 0.1) is 17.8 Å². The van der Waals surface area contributed by atoms with Gasteiger partial charge in [-0.25, -0.2) is 0 Å². The van der Waals surface area contributed by atoms with Crippen molar-refractivity contribution in [2.45, 2.75) is 70.3 Å². The molecule has 4 nitrogen and oxygen atoms in total. The van der Waals surface area contributed by atoms with Crippen LogP contribution in [0.25, 0.3) is 0 Å². The Kier molecular flexibility index (Phi) is 4.51. The molecule has 21 heavy (non-hydrogen) atoms. The maximum absolute atomic E-state index is 12.8. The predicted octanol–water partition coefficient (Wildman–Crippen LogP) is 3.06. The molecule has 2 aliphatic carbocycles. The van der Waals surface area contributed by atoms with E-state index in [1.807, 2.05) is 0 Å². The van der Waals surface area contributed by atoms with Crippen molar-refractivity contribution in [1.82, 2.24) is 4.90 Å². The third-order valence-electron chi connectivity index (χ3n) is 5.91. The van der Waals surface area contributed by atoms with Crippen molar-refractivity contribution >= 4 is 11.9 Å². The quantitative estimate of drug-likeness (QED) is 0.870. The Labute approximate surface area is 126 Å². The molecule has 118 valence electrons. The Morgan fingerprint density at radius 2 is 1.57 bits per heavy atom. The first-order valence-electron chi connectivity index (χ1n) is 8.70. The van der Waals surface area contributed by atoms with Crippen molar-refractivity contribution in [3.8, 4) is 0 Å². The van der Waals surface area contributed by atoms with Crippen molar-refractivity contribution in [2.75, 3.05) is 6.54 Å². The molecule has 1 aliphatic heterocycles. The molecule has 3 atom stereocenters. The fraction of sp³-hybridized carbons (Fsp3) is 0.882. The van der Waals surface area contributed by atoms with Crippen LogP contribution >= 0.6 is 0 Å². The monoisotopic (exact) mass is 293 g/mol. The second-order valence-corrected chi connectivity index (χ2v) is 7.18. The van der Waals surface area contributed by atoms with Gasteiger partial charge < -0.3 is 10.0 Å². The SMILES string of the molecule is O=C(O)[C@H]1CC[C@@H](C(=O)N2CCCC2C2CCCCC2)C1. The molecule has 0 aromatic rings. The van der Waals surface area contributed by atoms with Gasteiger partial charge in [0.1, 0.15) is 0 Å². The molecular formula is C17H27NO3. The first-order valence-corrected chi connectivity index (χ1v) is 8.70. The van der Waals surface area contributed by atoms with E-state index in [2.05, 4.69) is 4.90 Å². The highest BCUT2D eigenvalue weighted by Crippen LogP contribution is 2.38. The fourth-order valence-electron chi connectivity index (χ4n) is 4.74. The third kappa shape index (κ3) is 3.09. The summed E-state index contributed by atoms with van der Waals surface area (Å²) >= 11 is 0. The van der Waals surface area contributed by atoms with Crippen LogP contribution in [0.1, 0.15) is 64.2 Å². The van der Waals surface area contributed by atoms with Gasteiger partial charge in [-0.05, 0) is 50.9 Å². The highest BCUT2D eigenvalue weighted by molar-refractivity contribution is 5.81. The molecule has 1 heterocycles. The number of carbonyl (C=O) groups excluding carboxylic acids is 1. The van der Waals surface area contributed by atoms with E-state index in [4.69, 9.17) is 5.11 Å². The van der Waals surface area contributed by atoms with E-state index < -0.39 is 5.97 Å². The van der Waals surface area contributed by atoms with Gasteiger partial charge in [-0.15, -0.1) is 0 Å². The number of nitrogens with zero attached hydrogens (tertiary/aromatic N) is 1. The molecule has 4 heteroatoms. The molecule has 0 bridgehead atoms. The number of carbonyl (C=O) groups is 2. The number of hydrogen-bond donors (Lipinski definition) is 1. The second-order valence-electron chi connectivity index (χ2n) is 7.18. The molecule has 1 saturated heterocycles. The molecule has 1 unspecified atom stereocenters. The molecule has 3 rings (SSSR count). The van der Waals surface area contributed by atoms with Gasteiger partial charge >= 0.3 is 5.97 Å². The molecule has 3 fully saturated rings. The normalized spacial score (nSPS) is 34.3. The average Bonchev–Trinajstić information content (AvgIpc) is 3.17. The highest BCUT2D eigenvalue weighted by atomic mass is 16.4. The van der Waals surface area contributed by atoms with Crippen LogP contribution in [-0.4, -0.2) is 34.5 Å². The van der Waals surface area contributed by atoms with Gasteiger partial charge in [-0.3, -0.25) is 9.59 Å². The van der Waals surface area contributed by atoms with Crippen molar-refractivity contribution in [2.24, 2.45) is 17.8 Å². The van der Waals surface area contributed by atoms with Gasteiger partial charge in [-0.2, -0.15) is 0 Å². The van der Waals surface area contributed by atoms with Crippen LogP contribution in [0.4, 0.5) is 0 Å². The number of amides is 1. The van der Waals surface area contributed by atoms with Crippen LogP contribution < -0.4 is 0 Å². The van der Waals surface area contributed by atoms with Crippen LogP contribution in [0.3, 0.4) is 0 Å². The summed E-state index contributed by atoms with van der Waals surface area (Å²) in [5.41, 5.74) is 0. The molecular weight excluding hydrogens is 266 g/mol. The lowest BCUT2D eigenvalue weighted by Gasteiger charge is -2.35. The van der Waals surface area contributed by atoms with E-state index in [0.717, 1.165) is 25.8 Å². The zero-order valence-corrected chi connectivity index (χ0v) is 12.8. The summed E-state index contributed by atoms with van der Waals surface area (Å²) in [5, 5.41) is 9.11. The van der Waals surface area contributed by atoms with Gasteiger partial charge in [0, 0.05) is 18.5 Å². The van der Waals surface area contributed by atoms with Gasteiger partial charge in [0.2, 0.25) is 5.91 Å². The lowest BCUT2D eigenvalue weighted by atomic mass is 9.82. The molecule has 0 spiro atoms. The Hall–Kier alpha value is -1.06. The number of hydrogen-bond acceptors (Lipinski definition) is 2. The Morgan fingerprint density at radius 3 is 2.24 bits per heavy atom. The molecule has 0 radical (unpaired) electrons. The summed E-state index contributed by atoms with van der Waals surface area (Å²) < 4.78 is 0. The van der Waals surface area contributed by atoms with Gasteiger partial charge in [0.05, 0.1) is 5.92 Å². The van der Waals surface area contributed by atoms with E-state index in [-0.39, 0.29) is 17.7 Å². The minimum atomic E-state index is -0.726. The lowest BCUT2D eigenvalue weighted by Crippen LogP contribution is -2.43. The first kappa shape index (κ1) is 14.9. The van der Waals surface area contributed by atoms with E-state index in [0.29, 0.717) is 24.8 Å². The number of carboxylic acid groups (broad SMARTS) is 1. The van der Waals surface area contributed by atoms with Crippen molar-refractivity contribution in [3.05, 3.63) is 0 Å². The minimum absolute atomic E-state index is 0.0321. The van der Waals surface area contributed by atoms with Crippen molar-refractivity contribution in [3.63, 3.8) is 0 Å². The first-order chi connectivity index (χ1) is 10.2. The van der Waals surface area contributed by atoms with Crippen LogP contribution in [0.15, 0.2) is 0 Å². The Balaban J connectivity index is 1.62. The van der Waals surface area contributed by atoms with E-state index >= 15 is 0 Å². The molecule has 0 aromatic heterocycles. The minimum Gasteiger partial charge on any atom is -0.481 e. The van der Waals surface area contributed by atoms with Gasteiger partial charge in [-0.1, -0.05) is 19.3 Å². The molecule has 0 aromatic carbocycles. The standard InChI is InChI=1S/C17H27NO3/c19-16(13-8-9-14(11-13)17(20)21)18-10-4-7-15(18)12-5-2-1-3-6-12/h12-15H,1-11H2,(H,20,21)/t13-,14+,15?/m1/s1. The zero-order valence-electron chi connectivity index (χ0n) is 12.8. The smallest absolute Gasteiger partial charge is 0.306 e. The number of likely N-dealkylation sites (tertiary alicyclic amines) is 1. The van der Waals surface area contributed by atoms with Crippen molar-refractivity contribution in [1.29, 1.82) is 0 Å². The summed E-state index contributed by atoms with van der Waals surface area (Å²) in [7, 11) is 0. The lowest BCUT2D eigenvalue weighted by molar-refractivity contribution is -0.142. The van der Waals surface area contributed by atoms with Crippen LogP contribution in [0.5, 0.6) is 0 Å². The van der Waals surface area contributed by atoms with Crippen LogP contribution in [0.2, 0.25) is 0 Å². The molecule has 3 aliphatic rings. The second kappa shape index (κ2) is 6.37. The van der Waals surface area contributed by atoms with Crippen LogP contribution in [-0.2, 0) is 9.59 Å². The topological polar surface area (TPSA) is 57.6 Å². The maximum atomic E-state index is 12.8. The molecule has 2 saturated carbocycles. The van der Waals surface area contributed by atoms with E-state index in [1.54, 1.807) is 0 Å². The highest BCUT2D eigenvalue weighted by Gasteiger charge is 2.41. The molecule has 1 amide bonds. The molecule has 1 N–H and O–H groups in total. The Morgan fingerprint density at radius 1 is 0.857 bits per heavy atom. The summed E-state index contributed by atoms with van der Waals surface area (Å²) in [6.07, 6.45) is 10.8. The van der Waals surface area contributed by atoms with Gasteiger partial charge in [0.15, 0.2) is 0 Å². The summed E-state index contributed by atoms with van der Waals surface area (Å²) in [6, 6.07) is 0.446. The maximum Gasteiger partial charge on any atom is 0.306 e. The summed E-state index contributed by atoms with van der Waals surface area (Å²) in [4.78, 5) is 26.0. The van der Waals surface area contributed by atoms with E-state index in [1.165, 1.54) is 32.1 Å². The predicted molar refractivity (Wildman–Crippen MR) is 79.8 cm³/mol. The summed E-state index contributed by atoms with van der Waals surface area (Å²) in [5.74, 6) is -0.103. The Bertz CT molecular complexity index is 403. The third-order valence-corrected chi connectivity index (χ3v) is 5.91. The number of carboxylic acids is 1.